The van der Waals surface area contributed by atoms with Gasteiger partial charge in [-0.25, -0.2) is 4.98 Å². The predicted molar refractivity (Wildman–Crippen MR) is 91.3 cm³/mol. The number of thioether (sulfide) groups is 1. The molecule has 3 heterocycles. The van der Waals surface area contributed by atoms with Crippen molar-refractivity contribution in [2.75, 3.05) is 11.4 Å². The molecule has 1 aliphatic heterocycles. The van der Waals surface area contributed by atoms with Gasteiger partial charge in [0.2, 0.25) is 5.91 Å². The second-order valence-corrected chi connectivity index (χ2v) is 7.53. The summed E-state index contributed by atoms with van der Waals surface area (Å²) >= 11 is 1.36. The smallest absolute Gasteiger partial charge is 0.251 e. The maximum atomic E-state index is 12.8. The number of amides is 1. The minimum atomic E-state index is -0.238. The number of carbonyl (C=O) groups is 1. The van der Waals surface area contributed by atoms with Crippen LogP contribution in [0.5, 0.6) is 0 Å². The van der Waals surface area contributed by atoms with Crippen molar-refractivity contribution in [1.82, 2.24) is 19.7 Å². The third kappa shape index (κ3) is 3.10. The zero-order chi connectivity index (χ0) is 16.7. The van der Waals surface area contributed by atoms with Crippen LogP contribution in [0.3, 0.4) is 0 Å². The molecule has 0 bridgehead atoms. The molecule has 126 valence electrons. The number of hydrogen-bond acceptors (Lipinski definition) is 5. The molecule has 24 heavy (non-hydrogen) atoms. The average Bonchev–Trinajstić information content (AvgIpc) is 3.31. The van der Waals surface area contributed by atoms with Crippen molar-refractivity contribution in [1.29, 1.82) is 0 Å². The molecule has 2 aliphatic rings. The zero-order valence-electron chi connectivity index (χ0n) is 13.4. The van der Waals surface area contributed by atoms with Gasteiger partial charge in [-0.3, -0.25) is 19.2 Å². The third-order valence-corrected chi connectivity index (χ3v) is 5.49. The molecule has 7 nitrogen and oxygen atoms in total. The Labute approximate surface area is 143 Å². The Morgan fingerprint density at radius 1 is 1.29 bits per heavy atom. The first kappa shape index (κ1) is 15.4. The van der Waals surface area contributed by atoms with E-state index >= 15 is 0 Å². The summed E-state index contributed by atoms with van der Waals surface area (Å²) in [5, 5.41) is 4.63. The van der Waals surface area contributed by atoms with Gasteiger partial charge in [-0.1, -0.05) is 11.8 Å². The van der Waals surface area contributed by atoms with Crippen LogP contribution in [0.2, 0.25) is 0 Å². The van der Waals surface area contributed by atoms with Crippen molar-refractivity contribution < 1.29 is 4.79 Å². The van der Waals surface area contributed by atoms with Gasteiger partial charge >= 0.3 is 0 Å². The van der Waals surface area contributed by atoms with Crippen LogP contribution in [-0.2, 0) is 11.8 Å². The molecule has 1 atom stereocenters. The highest BCUT2D eigenvalue weighted by molar-refractivity contribution is 8.00. The third-order valence-electron chi connectivity index (χ3n) is 4.35. The molecule has 1 N–H and O–H groups in total. The predicted octanol–water partition coefficient (Wildman–Crippen LogP) is 1.67. The molecule has 1 saturated heterocycles. The normalized spacial score (nSPS) is 21.3. The fourth-order valence-electron chi connectivity index (χ4n) is 2.96. The van der Waals surface area contributed by atoms with Crippen LogP contribution in [-0.4, -0.2) is 37.5 Å². The van der Waals surface area contributed by atoms with E-state index in [1.807, 2.05) is 19.3 Å². The summed E-state index contributed by atoms with van der Waals surface area (Å²) < 4.78 is 1.69. The molecule has 0 aromatic carbocycles. The van der Waals surface area contributed by atoms with E-state index in [1.165, 1.54) is 11.8 Å². The van der Waals surface area contributed by atoms with E-state index < -0.39 is 0 Å². The first-order valence-corrected chi connectivity index (χ1v) is 9.07. The highest BCUT2D eigenvalue weighted by atomic mass is 32.2. The molecule has 8 heteroatoms. The lowest BCUT2D eigenvalue weighted by Crippen LogP contribution is -2.43. The van der Waals surface area contributed by atoms with Gasteiger partial charge in [0.05, 0.1) is 10.9 Å². The Bertz CT molecular complexity index is 826. The van der Waals surface area contributed by atoms with Gasteiger partial charge in [-0.15, -0.1) is 0 Å². The number of carbonyl (C=O) groups excluding carboxylic acids is 1. The summed E-state index contributed by atoms with van der Waals surface area (Å²) in [5.41, 5.74) is 0.713. The summed E-state index contributed by atoms with van der Waals surface area (Å²) in [6.45, 7) is 0.680. The van der Waals surface area contributed by atoms with Gasteiger partial charge in [0.1, 0.15) is 0 Å². The molecule has 1 aliphatic carbocycles. The molecule has 2 aromatic rings. The number of aromatic amines is 1. The van der Waals surface area contributed by atoms with Crippen LogP contribution in [0, 0.1) is 0 Å². The molecule has 2 aromatic heterocycles. The number of hydrogen-bond donors (Lipinski definition) is 1. The van der Waals surface area contributed by atoms with Crippen LogP contribution >= 0.6 is 11.8 Å². The standard InChI is InChI=1S/C16H19N5O2S/c1-20-8-6-13(19-20)21-7-2-3-12(15(21)23)24-16-17-11(10-4-5-10)9-14(22)18-16/h6,8-10,12H,2-5,7H2,1H3,(H,17,18,22)/t12-/m0/s1. The van der Waals surface area contributed by atoms with Crippen molar-refractivity contribution in [2.45, 2.75) is 42.0 Å². The second-order valence-electron chi connectivity index (χ2n) is 6.34. The van der Waals surface area contributed by atoms with Crippen molar-refractivity contribution in [3.8, 4) is 0 Å². The summed E-state index contributed by atoms with van der Waals surface area (Å²) in [7, 11) is 1.84. The summed E-state index contributed by atoms with van der Waals surface area (Å²) in [5.74, 6) is 1.13. The van der Waals surface area contributed by atoms with Gasteiger partial charge < -0.3 is 4.98 Å². The Balaban J connectivity index is 1.53. The summed E-state index contributed by atoms with van der Waals surface area (Å²) in [6, 6.07) is 3.42. The lowest BCUT2D eigenvalue weighted by molar-refractivity contribution is -0.119. The van der Waals surface area contributed by atoms with E-state index in [1.54, 1.807) is 15.6 Å². The van der Waals surface area contributed by atoms with E-state index in [-0.39, 0.29) is 16.7 Å². The number of H-pyrrole nitrogens is 1. The number of nitrogens with one attached hydrogen (secondary N) is 1. The van der Waals surface area contributed by atoms with Crippen molar-refractivity contribution >= 4 is 23.5 Å². The minimum Gasteiger partial charge on any atom is -0.301 e. The van der Waals surface area contributed by atoms with Crippen molar-refractivity contribution in [3.05, 3.63) is 34.4 Å². The maximum Gasteiger partial charge on any atom is 0.251 e. The summed E-state index contributed by atoms with van der Waals surface area (Å²) in [6.07, 6.45) is 5.71. The topological polar surface area (TPSA) is 83.9 Å². The van der Waals surface area contributed by atoms with Gasteiger partial charge in [-0.05, 0) is 25.7 Å². The molecule has 0 unspecified atom stereocenters. The highest BCUT2D eigenvalue weighted by Crippen LogP contribution is 2.39. The van der Waals surface area contributed by atoms with Crippen molar-refractivity contribution in [2.24, 2.45) is 7.05 Å². The van der Waals surface area contributed by atoms with Crippen LogP contribution in [0.1, 0.15) is 37.3 Å². The van der Waals surface area contributed by atoms with Crippen LogP contribution in [0.4, 0.5) is 5.82 Å². The molecule has 4 rings (SSSR count). The molecule has 1 amide bonds. The van der Waals surface area contributed by atoms with Crippen LogP contribution in [0.15, 0.2) is 28.3 Å². The molecule has 0 radical (unpaired) electrons. The monoisotopic (exact) mass is 345 g/mol. The fraction of sp³-hybridized carbons (Fsp3) is 0.500. The Morgan fingerprint density at radius 3 is 2.83 bits per heavy atom. The van der Waals surface area contributed by atoms with E-state index in [9.17, 15) is 9.59 Å². The Hall–Kier alpha value is -2.09. The fourth-order valence-corrected chi connectivity index (χ4v) is 4.06. The van der Waals surface area contributed by atoms with Gasteiger partial charge in [0, 0.05) is 37.8 Å². The second kappa shape index (κ2) is 6.08. The minimum absolute atomic E-state index is 0.0319. The highest BCUT2D eigenvalue weighted by Gasteiger charge is 2.33. The van der Waals surface area contributed by atoms with E-state index in [4.69, 9.17) is 0 Å². The molecular weight excluding hydrogens is 326 g/mol. The van der Waals surface area contributed by atoms with Gasteiger partial charge in [-0.2, -0.15) is 5.10 Å². The summed E-state index contributed by atoms with van der Waals surface area (Å²) in [4.78, 5) is 33.7. The zero-order valence-corrected chi connectivity index (χ0v) is 14.3. The van der Waals surface area contributed by atoms with Crippen molar-refractivity contribution in [3.63, 3.8) is 0 Å². The largest absolute Gasteiger partial charge is 0.301 e. The first-order valence-electron chi connectivity index (χ1n) is 8.19. The number of aromatic nitrogens is 4. The molecule has 1 saturated carbocycles. The number of piperidine rings is 1. The van der Waals surface area contributed by atoms with Gasteiger partial charge in [0.25, 0.3) is 5.56 Å². The van der Waals surface area contributed by atoms with E-state index in [0.717, 1.165) is 31.4 Å². The average molecular weight is 345 g/mol. The SMILES string of the molecule is Cn1ccc(N2CCC[C@H](Sc3nc(C4CC4)cc(=O)[nH]3)C2=O)n1. The maximum absolute atomic E-state index is 12.8. The number of aryl methyl sites for hydroxylation is 1. The van der Waals surface area contributed by atoms with Crippen LogP contribution in [0.25, 0.3) is 0 Å². The van der Waals surface area contributed by atoms with Gasteiger partial charge in [0.15, 0.2) is 11.0 Å². The lowest BCUT2D eigenvalue weighted by atomic mass is 10.1. The molecule has 2 fully saturated rings. The quantitative estimate of drug-likeness (QED) is 0.852. The van der Waals surface area contributed by atoms with Crippen LogP contribution < -0.4 is 10.5 Å². The van der Waals surface area contributed by atoms with E-state index in [0.29, 0.717) is 23.4 Å². The number of nitrogens with zero attached hydrogens (tertiary/aromatic N) is 4. The number of anilines is 1. The first-order chi connectivity index (χ1) is 11.6. The number of rotatable bonds is 4. The Kier molecular flexibility index (Phi) is 3.91. The molecular formula is C16H19N5O2S. The lowest BCUT2D eigenvalue weighted by Gasteiger charge is -2.30. The van der Waals surface area contributed by atoms with E-state index in [2.05, 4.69) is 15.1 Å². The Morgan fingerprint density at radius 2 is 2.12 bits per heavy atom. The molecule has 0 spiro atoms.